The molecule has 1 heterocycles. The standard InChI is InChI=1S/C17H24N4O5/c1-17(2,3)26-16(25)20-12-8-11(9-13(22)10-12)14(23)18-4-6-21-7-5-19-15(21)24/h8-10,22H,4-7H2,1-3H3,(H,18,23)(H,19,24)(H,20,25). The van der Waals surface area contributed by atoms with E-state index >= 15 is 0 Å². The molecule has 1 aromatic rings. The van der Waals surface area contributed by atoms with Gasteiger partial charge in [0.2, 0.25) is 0 Å². The second kappa shape index (κ2) is 7.94. The molecule has 1 aromatic carbocycles. The molecule has 4 amide bonds. The molecular formula is C17H24N4O5. The summed E-state index contributed by atoms with van der Waals surface area (Å²) in [5.74, 6) is -0.588. The molecule has 4 N–H and O–H groups in total. The number of anilines is 1. The normalized spacial score (nSPS) is 14.0. The van der Waals surface area contributed by atoms with Gasteiger partial charge in [-0.05, 0) is 32.9 Å². The van der Waals surface area contributed by atoms with E-state index in [-0.39, 0.29) is 29.6 Å². The highest BCUT2D eigenvalue weighted by Gasteiger charge is 2.19. The van der Waals surface area contributed by atoms with Crippen molar-refractivity contribution in [2.24, 2.45) is 0 Å². The number of urea groups is 1. The van der Waals surface area contributed by atoms with Crippen LogP contribution in [0.15, 0.2) is 18.2 Å². The summed E-state index contributed by atoms with van der Waals surface area (Å²) >= 11 is 0. The van der Waals surface area contributed by atoms with E-state index < -0.39 is 17.6 Å². The molecule has 9 heteroatoms. The summed E-state index contributed by atoms with van der Waals surface area (Å²) in [6, 6.07) is 3.88. The molecule has 1 aliphatic heterocycles. The second-order valence-electron chi connectivity index (χ2n) is 6.87. The molecule has 0 bridgehead atoms. The zero-order valence-corrected chi connectivity index (χ0v) is 15.1. The summed E-state index contributed by atoms with van der Waals surface area (Å²) in [5, 5.41) is 17.6. The third-order valence-electron chi connectivity index (χ3n) is 3.44. The van der Waals surface area contributed by atoms with Crippen molar-refractivity contribution in [3.63, 3.8) is 0 Å². The Kier molecular flexibility index (Phi) is 5.91. The van der Waals surface area contributed by atoms with E-state index in [0.717, 1.165) is 0 Å². The summed E-state index contributed by atoms with van der Waals surface area (Å²) in [7, 11) is 0. The van der Waals surface area contributed by atoms with Crippen molar-refractivity contribution in [3.05, 3.63) is 23.8 Å². The lowest BCUT2D eigenvalue weighted by atomic mass is 10.1. The van der Waals surface area contributed by atoms with Crippen LogP contribution >= 0.6 is 0 Å². The van der Waals surface area contributed by atoms with E-state index in [1.165, 1.54) is 18.2 Å². The summed E-state index contributed by atoms with van der Waals surface area (Å²) in [6.45, 7) is 7.05. The Morgan fingerprint density at radius 3 is 2.65 bits per heavy atom. The number of carbonyl (C=O) groups excluding carboxylic acids is 3. The van der Waals surface area contributed by atoms with Gasteiger partial charge in [0, 0.05) is 43.5 Å². The molecule has 26 heavy (non-hydrogen) atoms. The smallest absolute Gasteiger partial charge is 0.412 e. The summed E-state index contributed by atoms with van der Waals surface area (Å²) < 4.78 is 5.14. The number of ether oxygens (including phenoxy) is 1. The van der Waals surface area contributed by atoms with Gasteiger partial charge >= 0.3 is 12.1 Å². The lowest BCUT2D eigenvalue weighted by molar-refractivity contribution is 0.0635. The average Bonchev–Trinajstić information content (AvgIpc) is 2.90. The fourth-order valence-corrected chi connectivity index (χ4v) is 2.37. The van der Waals surface area contributed by atoms with Crippen LogP contribution in [0.1, 0.15) is 31.1 Å². The van der Waals surface area contributed by atoms with Crippen LogP contribution in [0.25, 0.3) is 0 Å². The zero-order chi connectivity index (χ0) is 19.3. The molecule has 0 spiro atoms. The third-order valence-corrected chi connectivity index (χ3v) is 3.44. The molecule has 142 valence electrons. The monoisotopic (exact) mass is 364 g/mol. The van der Waals surface area contributed by atoms with Crippen molar-refractivity contribution in [2.75, 3.05) is 31.5 Å². The van der Waals surface area contributed by atoms with E-state index in [1.807, 2.05) is 0 Å². The highest BCUT2D eigenvalue weighted by atomic mass is 16.6. The molecule has 0 radical (unpaired) electrons. The van der Waals surface area contributed by atoms with E-state index in [2.05, 4.69) is 16.0 Å². The van der Waals surface area contributed by atoms with Gasteiger partial charge in [0.15, 0.2) is 0 Å². The first-order chi connectivity index (χ1) is 12.1. The number of nitrogens with one attached hydrogen (secondary N) is 3. The maximum atomic E-state index is 12.2. The van der Waals surface area contributed by atoms with E-state index in [4.69, 9.17) is 4.74 Å². The number of aromatic hydroxyl groups is 1. The minimum absolute atomic E-state index is 0.152. The Balaban J connectivity index is 1.93. The summed E-state index contributed by atoms with van der Waals surface area (Å²) in [6.07, 6.45) is -0.686. The number of carbonyl (C=O) groups is 3. The fourth-order valence-electron chi connectivity index (χ4n) is 2.37. The van der Waals surface area contributed by atoms with Crippen molar-refractivity contribution < 1.29 is 24.2 Å². The molecule has 0 atom stereocenters. The largest absolute Gasteiger partial charge is 0.508 e. The molecule has 0 unspecified atom stereocenters. The minimum Gasteiger partial charge on any atom is -0.508 e. The van der Waals surface area contributed by atoms with Crippen LogP contribution in [0, 0.1) is 0 Å². The van der Waals surface area contributed by atoms with Crippen molar-refractivity contribution in [2.45, 2.75) is 26.4 Å². The van der Waals surface area contributed by atoms with Gasteiger partial charge in [-0.2, -0.15) is 0 Å². The molecule has 2 rings (SSSR count). The van der Waals surface area contributed by atoms with Crippen molar-refractivity contribution in [3.8, 4) is 5.75 Å². The van der Waals surface area contributed by atoms with Gasteiger partial charge in [-0.25, -0.2) is 9.59 Å². The second-order valence-corrected chi connectivity index (χ2v) is 6.87. The topological polar surface area (TPSA) is 120 Å². The molecular weight excluding hydrogens is 340 g/mol. The van der Waals surface area contributed by atoms with Gasteiger partial charge in [-0.15, -0.1) is 0 Å². The molecule has 0 aromatic heterocycles. The summed E-state index contributed by atoms with van der Waals surface area (Å²) in [4.78, 5) is 37.1. The van der Waals surface area contributed by atoms with Crippen molar-refractivity contribution in [1.29, 1.82) is 0 Å². The molecule has 9 nitrogen and oxygen atoms in total. The number of benzene rings is 1. The molecule has 0 saturated carbocycles. The molecule has 1 aliphatic rings. The van der Waals surface area contributed by atoms with Crippen molar-refractivity contribution >= 4 is 23.7 Å². The van der Waals surface area contributed by atoms with Gasteiger partial charge in [-0.1, -0.05) is 0 Å². The number of hydrogen-bond acceptors (Lipinski definition) is 5. The number of phenols is 1. The van der Waals surface area contributed by atoms with Gasteiger partial charge in [0.1, 0.15) is 11.4 Å². The Bertz CT molecular complexity index is 699. The van der Waals surface area contributed by atoms with Crippen LogP contribution in [-0.2, 0) is 4.74 Å². The average molecular weight is 364 g/mol. The van der Waals surface area contributed by atoms with Crippen LogP contribution in [0.4, 0.5) is 15.3 Å². The van der Waals surface area contributed by atoms with Crippen LogP contribution in [-0.4, -0.2) is 59.8 Å². The lowest BCUT2D eigenvalue weighted by Gasteiger charge is -2.20. The van der Waals surface area contributed by atoms with E-state index in [9.17, 15) is 19.5 Å². The lowest BCUT2D eigenvalue weighted by Crippen LogP contribution is -2.36. The fraction of sp³-hybridized carbons (Fsp3) is 0.471. The maximum Gasteiger partial charge on any atom is 0.412 e. The van der Waals surface area contributed by atoms with Crippen LogP contribution in [0.3, 0.4) is 0 Å². The maximum absolute atomic E-state index is 12.2. The Hall–Kier alpha value is -2.97. The van der Waals surface area contributed by atoms with E-state index in [0.29, 0.717) is 19.6 Å². The highest BCUT2D eigenvalue weighted by Crippen LogP contribution is 2.20. The zero-order valence-electron chi connectivity index (χ0n) is 15.1. The minimum atomic E-state index is -0.686. The first kappa shape index (κ1) is 19.4. The predicted molar refractivity (Wildman–Crippen MR) is 95.3 cm³/mol. The van der Waals surface area contributed by atoms with Crippen LogP contribution in [0.5, 0.6) is 5.75 Å². The van der Waals surface area contributed by atoms with E-state index in [1.54, 1.807) is 25.7 Å². The molecule has 1 fully saturated rings. The van der Waals surface area contributed by atoms with Gasteiger partial charge < -0.3 is 25.4 Å². The van der Waals surface area contributed by atoms with Crippen molar-refractivity contribution in [1.82, 2.24) is 15.5 Å². The first-order valence-corrected chi connectivity index (χ1v) is 8.29. The Labute approximate surface area is 151 Å². The number of hydrogen-bond donors (Lipinski definition) is 4. The highest BCUT2D eigenvalue weighted by molar-refractivity contribution is 5.97. The van der Waals surface area contributed by atoms with Gasteiger partial charge in [-0.3, -0.25) is 10.1 Å². The SMILES string of the molecule is CC(C)(C)OC(=O)Nc1cc(O)cc(C(=O)NCCN2CCNC2=O)c1. The number of rotatable bonds is 5. The number of amides is 4. The molecule has 0 aliphatic carbocycles. The van der Waals surface area contributed by atoms with Gasteiger partial charge in [0.25, 0.3) is 5.91 Å². The Morgan fingerprint density at radius 1 is 1.31 bits per heavy atom. The number of nitrogens with zero attached hydrogens (tertiary/aromatic N) is 1. The van der Waals surface area contributed by atoms with Crippen LogP contribution < -0.4 is 16.0 Å². The van der Waals surface area contributed by atoms with Gasteiger partial charge in [0.05, 0.1) is 0 Å². The third kappa shape index (κ3) is 5.83. The predicted octanol–water partition coefficient (Wildman–Crippen LogP) is 1.49. The first-order valence-electron chi connectivity index (χ1n) is 8.29. The number of phenolic OH excluding ortho intramolecular Hbond substituents is 1. The van der Waals surface area contributed by atoms with Crippen LogP contribution in [0.2, 0.25) is 0 Å². The Morgan fingerprint density at radius 2 is 2.04 bits per heavy atom. The summed E-state index contributed by atoms with van der Waals surface area (Å²) in [5.41, 5.74) is -0.242. The quantitative estimate of drug-likeness (QED) is 0.631. The molecule has 1 saturated heterocycles.